The van der Waals surface area contributed by atoms with Gasteiger partial charge in [-0.15, -0.1) is 0 Å². The Hall–Kier alpha value is -2.73. The highest BCUT2D eigenvalue weighted by molar-refractivity contribution is 8.18. The Morgan fingerprint density at radius 2 is 1.83 bits per heavy atom. The third kappa shape index (κ3) is 5.25. The highest BCUT2D eigenvalue weighted by atomic mass is 32.2. The highest BCUT2D eigenvalue weighted by Crippen LogP contribution is 2.36. The van der Waals surface area contributed by atoms with E-state index < -0.39 is 0 Å². The van der Waals surface area contributed by atoms with E-state index >= 15 is 0 Å². The Morgan fingerprint density at radius 3 is 2.47 bits per heavy atom. The number of amidine groups is 1. The number of aryl methyl sites for hydroxylation is 1. The van der Waals surface area contributed by atoms with Crippen molar-refractivity contribution in [3.8, 4) is 11.5 Å². The normalized spacial score (nSPS) is 16.7. The molecule has 158 valence electrons. The number of hydrogen-bond acceptors (Lipinski definition) is 5. The number of nitrogens with zero attached hydrogens (tertiary/aromatic N) is 2. The molecule has 2 aromatic rings. The maximum atomic E-state index is 12.9. The van der Waals surface area contributed by atoms with Crippen LogP contribution in [0.25, 0.3) is 6.08 Å². The predicted octanol–water partition coefficient (Wildman–Crippen LogP) is 5.80. The minimum atomic E-state index is -0.0335. The van der Waals surface area contributed by atoms with Crippen molar-refractivity contribution in [2.45, 2.75) is 40.7 Å². The van der Waals surface area contributed by atoms with E-state index in [1.165, 1.54) is 17.3 Å². The molecule has 0 aromatic heterocycles. The van der Waals surface area contributed by atoms with E-state index in [1.54, 1.807) is 4.90 Å². The van der Waals surface area contributed by atoms with Crippen molar-refractivity contribution < 1.29 is 14.3 Å². The smallest absolute Gasteiger partial charge is 0.266 e. The lowest BCUT2D eigenvalue weighted by Crippen LogP contribution is -2.28. The number of carbonyl (C=O) groups is 1. The third-order valence-electron chi connectivity index (χ3n) is 4.39. The maximum Gasteiger partial charge on any atom is 0.266 e. The van der Waals surface area contributed by atoms with Crippen LogP contribution in [-0.4, -0.2) is 35.2 Å². The molecule has 0 atom stereocenters. The molecule has 3 rings (SSSR count). The van der Waals surface area contributed by atoms with Gasteiger partial charge < -0.3 is 9.47 Å². The molecule has 1 aliphatic rings. The largest absolute Gasteiger partial charge is 0.490 e. The second-order valence-electron chi connectivity index (χ2n) is 7.20. The van der Waals surface area contributed by atoms with Gasteiger partial charge in [0.1, 0.15) is 0 Å². The average Bonchev–Trinajstić information content (AvgIpc) is 2.99. The van der Waals surface area contributed by atoms with E-state index in [0.717, 1.165) is 11.3 Å². The number of thioether (sulfide) groups is 1. The van der Waals surface area contributed by atoms with Crippen LogP contribution in [0, 0.1) is 6.92 Å². The summed E-state index contributed by atoms with van der Waals surface area (Å²) < 4.78 is 11.6. The van der Waals surface area contributed by atoms with Crippen LogP contribution in [0.5, 0.6) is 11.5 Å². The van der Waals surface area contributed by atoms with Gasteiger partial charge in [-0.1, -0.05) is 23.8 Å². The predicted molar refractivity (Wildman–Crippen MR) is 125 cm³/mol. The Kier molecular flexibility index (Phi) is 7.21. The molecule has 6 heteroatoms. The van der Waals surface area contributed by atoms with E-state index in [9.17, 15) is 4.79 Å². The zero-order valence-corrected chi connectivity index (χ0v) is 19.0. The SMILES string of the molecule is CCOc1cc(/C=C2/SC(=Nc3ccc(C)cc3)N(CC)C2=O)ccc1OC(C)C. The Balaban J connectivity index is 1.90. The summed E-state index contributed by atoms with van der Waals surface area (Å²) in [6.45, 7) is 11.0. The first-order valence-corrected chi connectivity index (χ1v) is 11.0. The van der Waals surface area contributed by atoms with Gasteiger partial charge >= 0.3 is 0 Å². The molecule has 0 spiro atoms. The molecule has 0 bridgehead atoms. The van der Waals surface area contributed by atoms with Gasteiger partial charge in [0, 0.05) is 6.54 Å². The average molecular weight is 425 g/mol. The van der Waals surface area contributed by atoms with Crippen molar-refractivity contribution in [2.24, 2.45) is 4.99 Å². The second-order valence-corrected chi connectivity index (χ2v) is 8.20. The van der Waals surface area contributed by atoms with Crippen molar-refractivity contribution in [1.82, 2.24) is 4.90 Å². The number of hydrogen-bond donors (Lipinski definition) is 0. The summed E-state index contributed by atoms with van der Waals surface area (Å²) in [5, 5.41) is 0.697. The van der Waals surface area contributed by atoms with Crippen molar-refractivity contribution in [2.75, 3.05) is 13.2 Å². The lowest BCUT2D eigenvalue weighted by molar-refractivity contribution is -0.122. The van der Waals surface area contributed by atoms with Crippen LogP contribution in [0.1, 0.15) is 38.8 Å². The quantitative estimate of drug-likeness (QED) is 0.527. The van der Waals surface area contributed by atoms with Crippen LogP contribution in [0.15, 0.2) is 52.4 Å². The number of ether oxygens (including phenoxy) is 2. The molecule has 0 saturated carbocycles. The van der Waals surface area contributed by atoms with Crippen molar-refractivity contribution in [3.63, 3.8) is 0 Å². The van der Waals surface area contributed by atoms with Crippen LogP contribution < -0.4 is 9.47 Å². The number of aliphatic imine (C=N–C) groups is 1. The lowest BCUT2D eigenvalue weighted by Gasteiger charge is -2.15. The lowest BCUT2D eigenvalue weighted by atomic mass is 10.2. The molecular formula is C24H28N2O3S. The number of benzene rings is 2. The molecule has 0 N–H and O–H groups in total. The van der Waals surface area contributed by atoms with Crippen molar-refractivity contribution >= 4 is 34.6 Å². The molecule has 0 radical (unpaired) electrons. The standard InChI is InChI=1S/C24H28N2O3S/c1-6-26-23(27)22(30-24(26)25-19-11-8-17(5)9-12-19)15-18-10-13-20(29-16(3)4)21(14-18)28-7-2/h8-16H,6-7H2,1-5H3/b22-15+,25-24?. The van der Waals surface area contributed by atoms with E-state index in [1.807, 2.05) is 83.2 Å². The molecule has 1 aliphatic heterocycles. The number of likely N-dealkylation sites (N-methyl/N-ethyl adjacent to an activating group) is 1. The van der Waals surface area contributed by atoms with Gasteiger partial charge in [0.05, 0.1) is 23.3 Å². The van der Waals surface area contributed by atoms with E-state index in [0.29, 0.717) is 34.7 Å². The van der Waals surface area contributed by atoms with E-state index in [-0.39, 0.29) is 12.0 Å². The molecule has 5 nitrogen and oxygen atoms in total. The molecule has 1 saturated heterocycles. The first-order chi connectivity index (χ1) is 14.4. The minimum Gasteiger partial charge on any atom is -0.490 e. The van der Waals surface area contributed by atoms with Gasteiger partial charge in [-0.2, -0.15) is 0 Å². The van der Waals surface area contributed by atoms with E-state index in [2.05, 4.69) is 4.99 Å². The molecule has 1 heterocycles. The minimum absolute atomic E-state index is 0.0335. The molecule has 2 aromatic carbocycles. The van der Waals surface area contributed by atoms with Crippen LogP contribution in [-0.2, 0) is 4.79 Å². The van der Waals surface area contributed by atoms with Crippen LogP contribution in [0.3, 0.4) is 0 Å². The van der Waals surface area contributed by atoms with Gasteiger partial charge in [-0.25, -0.2) is 4.99 Å². The Bertz CT molecular complexity index is 965. The molecule has 30 heavy (non-hydrogen) atoms. The Labute approximate surface area is 182 Å². The Morgan fingerprint density at radius 1 is 1.10 bits per heavy atom. The van der Waals surface area contributed by atoms with Crippen molar-refractivity contribution in [3.05, 3.63) is 58.5 Å². The first kappa shape index (κ1) is 22.0. The van der Waals surface area contributed by atoms with Crippen LogP contribution in [0.4, 0.5) is 5.69 Å². The summed E-state index contributed by atoms with van der Waals surface area (Å²) in [6, 6.07) is 13.7. The molecule has 0 unspecified atom stereocenters. The van der Waals surface area contributed by atoms with Crippen molar-refractivity contribution in [1.29, 1.82) is 0 Å². The second kappa shape index (κ2) is 9.85. The fraction of sp³-hybridized carbons (Fsp3) is 0.333. The fourth-order valence-corrected chi connectivity index (χ4v) is 4.05. The summed E-state index contributed by atoms with van der Waals surface area (Å²) in [5.74, 6) is 1.35. The highest BCUT2D eigenvalue weighted by Gasteiger charge is 2.32. The van der Waals surface area contributed by atoms with Gasteiger partial charge in [0.25, 0.3) is 5.91 Å². The summed E-state index contributed by atoms with van der Waals surface area (Å²) in [7, 11) is 0. The summed E-state index contributed by atoms with van der Waals surface area (Å²) >= 11 is 1.39. The topological polar surface area (TPSA) is 51.1 Å². The zero-order chi connectivity index (χ0) is 21.7. The van der Waals surface area contributed by atoms with Gasteiger partial charge in [0.15, 0.2) is 16.7 Å². The zero-order valence-electron chi connectivity index (χ0n) is 18.1. The van der Waals surface area contributed by atoms with Gasteiger partial charge in [-0.05, 0) is 82.3 Å². The van der Waals surface area contributed by atoms with Crippen LogP contribution in [0.2, 0.25) is 0 Å². The third-order valence-corrected chi connectivity index (χ3v) is 5.40. The fourth-order valence-electron chi connectivity index (χ4n) is 2.99. The maximum absolute atomic E-state index is 12.9. The number of rotatable bonds is 7. The monoisotopic (exact) mass is 424 g/mol. The molecule has 1 amide bonds. The molecule has 0 aliphatic carbocycles. The van der Waals surface area contributed by atoms with E-state index in [4.69, 9.17) is 9.47 Å². The number of amides is 1. The summed E-state index contributed by atoms with van der Waals surface area (Å²) in [4.78, 5) is 20.0. The molecular weight excluding hydrogens is 396 g/mol. The number of carbonyl (C=O) groups excluding carboxylic acids is 1. The van der Waals surface area contributed by atoms with Gasteiger partial charge in [-0.3, -0.25) is 9.69 Å². The van der Waals surface area contributed by atoms with Crippen LogP contribution >= 0.6 is 11.8 Å². The first-order valence-electron chi connectivity index (χ1n) is 10.2. The summed E-state index contributed by atoms with van der Waals surface area (Å²) in [5.41, 5.74) is 2.90. The summed E-state index contributed by atoms with van der Waals surface area (Å²) in [6.07, 6.45) is 1.94. The molecule has 1 fully saturated rings. The van der Waals surface area contributed by atoms with Gasteiger partial charge in [0.2, 0.25) is 0 Å².